The molecule has 0 saturated heterocycles. The summed E-state index contributed by atoms with van der Waals surface area (Å²) in [5.41, 5.74) is 2.05. The number of ether oxygens (including phenoxy) is 1. The third-order valence-corrected chi connectivity index (χ3v) is 6.51. The minimum atomic E-state index is -0.126. The smallest absolute Gasteiger partial charge is 0.205 e. The van der Waals surface area contributed by atoms with Gasteiger partial charge in [0.25, 0.3) is 0 Å². The summed E-state index contributed by atoms with van der Waals surface area (Å²) in [6.07, 6.45) is 4.81. The number of hydrogen-bond donors (Lipinski definition) is 1. The number of hydrogen-bond acceptors (Lipinski definition) is 7. The SMILES string of the molecule is N#CCC1C=CN=C(NCCc2ccccc2Oc2ccccc2)N1c1nc2ccccc2s1. The Balaban J connectivity index is 1.33. The molecule has 6 nitrogen and oxygen atoms in total. The number of guanidine groups is 1. The molecule has 1 aliphatic rings. The lowest BCUT2D eigenvalue weighted by Gasteiger charge is -2.31. The molecule has 0 fully saturated rings. The van der Waals surface area contributed by atoms with Gasteiger partial charge < -0.3 is 10.1 Å². The zero-order chi connectivity index (χ0) is 23.2. The van der Waals surface area contributed by atoms with Crippen molar-refractivity contribution in [2.45, 2.75) is 18.9 Å². The molecule has 168 valence electrons. The van der Waals surface area contributed by atoms with E-state index in [1.54, 1.807) is 17.5 Å². The summed E-state index contributed by atoms with van der Waals surface area (Å²) in [5.74, 6) is 2.35. The summed E-state index contributed by atoms with van der Waals surface area (Å²) in [4.78, 5) is 11.4. The van der Waals surface area contributed by atoms with E-state index in [1.807, 2.05) is 77.7 Å². The summed E-state index contributed by atoms with van der Waals surface area (Å²) in [6.45, 7) is 0.655. The number of para-hydroxylation sites is 3. The van der Waals surface area contributed by atoms with Crippen molar-refractivity contribution >= 4 is 32.6 Å². The van der Waals surface area contributed by atoms with Crippen LogP contribution in [0.1, 0.15) is 12.0 Å². The van der Waals surface area contributed by atoms with Crippen LogP contribution in [0.3, 0.4) is 0 Å². The maximum Gasteiger partial charge on any atom is 0.205 e. The minimum absolute atomic E-state index is 0.126. The summed E-state index contributed by atoms with van der Waals surface area (Å²) in [7, 11) is 0. The Morgan fingerprint density at radius 1 is 1.00 bits per heavy atom. The fraction of sp³-hybridized carbons (Fsp3) is 0.148. The quantitative estimate of drug-likeness (QED) is 0.368. The van der Waals surface area contributed by atoms with Gasteiger partial charge in [0.15, 0.2) is 5.13 Å². The number of anilines is 1. The van der Waals surface area contributed by atoms with Gasteiger partial charge in [-0.15, -0.1) is 0 Å². The van der Waals surface area contributed by atoms with Gasteiger partial charge in [-0.05, 0) is 48.4 Å². The molecule has 0 spiro atoms. The highest BCUT2D eigenvalue weighted by Gasteiger charge is 2.27. The van der Waals surface area contributed by atoms with Crippen LogP contribution in [-0.2, 0) is 6.42 Å². The molecule has 4 aromatic rings. The van der Waals surface area contributed by atoms with Gasteiger partial charge in [-0.1, -0.05) is 59.9 Å². The Kier molecular flexibility index (Phi) is 6.50. The molecule has 2 heterocycles. The van der Waals surface area contributed by atoms with E-state index in [9.17, 15) is 5.26 Å². The van der Waals surface area contributed by atoms with Crippen LogP contribution in [0.15, 0.2) is 96.1 Å². The van der Waals surface area contributed by atoms with Gasteiger partial charge in [0, 0.05) is 12.7 Å². The fourth-order valence-corrected chi connectivity index (χ4v) is 4.86. The van der Waals surface area contributed by atoms with Gasteiger partial charge in [-0.2, -0.15) is 5.26 Å². The van der Waals surface area contributed by atoms with Crippen LogP contribution in [0.4, 0.5) is 5.13 Å². The molecule has 0 saturated carbocycles. The Labute approximate surface area is 202 Å². The number of rotatable bonds is 7. The molecule has 1 N–H and O–H groups in total. The van der Waals surface area contributed by atoms with Gasteiger partial charge in [0.1, 0.15) is 11.5 Å². The molecule has 0 bridgehead atoms. The number of aliphatic imine (C=N–C) groups is 1. The predicted octanol–water partition coefficient (Wildman–Crippen LogP) is 5.89. The second-order valence-electron chi connectivity index (χ2n) is 7.76. The second kappa shape index (κ2) is 10.2. The van der Waals surface area contributed by atoms with Crippen LogP contribution in [-0.4, -0.2) is 23.5 Å². The lowest BCUT2D eigenvalue weighted by molar-refractivity contribution is 0.476. The van der Waals surface area contributed by atoms with Gasteiger partial charge in [-0.25, -0.2) is 9.98 Å². The molecular formula is C27H23N5OS. The van der Waals surface area contributed by atoms with E-state index in [0.29, 0.717) is 18.9 Å². The first-order valence-electron chi connectivity index (χ1n) is 11.1. The molecule has 0 radical (unpaired) electrons. The van der Waals surface area contributed by atoms with E-state index in [4.69, 9.17) is 9.72 Å². The van der Waals surface area contributed by atoms with Gasteiger partial charge in [0.05, 0.1) is 28.7 Å². The van der Waals surface area contributed by atoms with E-state index in [1.165, 1.54) is 0 Å². The Hall–Kier alpha value is -4.15. The van der Waals surface area contributed by atoms with Crippen molar-refractivity contribution in [3.8, 4) is 17.6 Å². The van der Waals surface area contributed by atoms with Crippen molar-refractivity contribution in [3.63, 3.8) is 0 Å². The molecule has 5 rings (SSSR count). The van der Waals surface area contributed by atoms with E-state index >= 15 is 0 Å². The number of nitriles is 1. The summed E-state index contributed by atoms with van der Waals surface area (Å²) >= 11 is 1.60. The van der Waals surface area contributed by atoms with Crippen molar-refractivity contribution in [1.82, 2.24) is 10.3 Å². The van der Waals surface area contributed by atoms with Gasteiger partial charge in [-0.3, -0.25) is 4.90 Å². The largest absolute Gasteiger partial charge is 0.457 e. The maximum absolute atomic E-state index is 9.38. The van der Waals surface area contributed by atoms with Crippen LogP contribution in [0, 0.1) is 11.3 Å². The van der Waals surface area contributed by atoms with Crippen molar-refractivity contribution < 1.29 is 4.74 Å². The number of thiazole rings is 1. The van der Waals surface area contributed by atoms with Crippen LogP contribution < -0.4 is 15.0 Å². The average molecular weight is 466 g/mol. The molecule has 34 heavy (non-hydrogen) atoms. The highest BCUT2D eigenvalue weighted by Crippen LogP contribution is 2.32. The van der Waals surface area contributed by atoms with Crippen molar-refractivity contribution in [3.05, 3.63) is 96.7 Å². The first-order valence-corrected chi connectivity index (χ1v) is 11.9. The molecular weight excluding hydrogens is 442 g/mol. The monoisotopic (exact) mass is 465 g/mol. The van der Waals surface area contributed by atoms with Crippen molar-refractivity contribution in [2.24, 2.45) is 4.99 Å². The number of nitrogens with zero attached hydrogens (tertiary/aromatic N) is 4. The Morgan fingerprint density at radius 2 is 1.79 bits per heavy atom. The van der Waals surface area contributed by atoms with E-state index in [0.717, 1.165) is 38.8 Å². The molecule has 1 unspecified atom stereocenters. The normalized spacial score (nSPS) is 15.1. The highest BCUT2D eigenvalue weighted by atomic mass is 32.1. The van der Waals surface area contributed by atoms with Crippen LogP contribution in [0.5, 0.6) is 11.5 Å². The standard InChI is InChI=1S/C27H23N5OS/c28-17-14-21-16-19-30-26(32(21)27-31-23-11-5-7-13-25(23)34-27)29-18-15-20-8-4-6-12-24(20)33-22-9-2-1-3-10-22/h1-13,16,19,21H,14-15,18H2,(H,29,30). The second-order valence-corrected chi connectivity index (χ2v) is 8.77. The third-order valence-electron chi connectivity index (χ3n) is 5.48. The molecule has 0 amide bonds. The third kappa shape index (κ3) is 4.77. The minimum Gasteiger partial charge on any atom is -0.457 e. The summed E-state index contributed by atoms with van der Waals surface area (Å²) in [5, 5.41) is 13.7. The maximum atomic E-state index is 9.38. The zero-order valence-corrected chi connectivity index (χ0v) is 19.3. The van der Waals surface area contributed by atoms with Crippen LogP contribution >= 0.6 is 11.3 Å². The van der Waals surface area contributed by atoms with E-state index in [2.05, 4.69) is 28.5 Å². The highest BCUT2D eigenvalue weighted by molar-refractivity contribution is 7.22. The van der Waals surface area contributed by atoms with Crippen LogP contribution in [0.2, 0.25) is 0 Å². The summed E-state index contributed by atoms with van der Waals surface area (Å²) < 4.78 is 7.21. The fourth-order valence-electron chi connectivity index (χ4n) is 3.83. The summed E-state index contributed by atoms with van der Waals surface area (Å²) in [6, 6.07) is 28.1. The van der Waals surface area contributed by atoms with Gasteiger partial charge >= 0.3 is 0 Å². The number of fused-ring (bicyclic) bond motifs is 1. The Bertz CT molecular complexity index is 1340. The molecule has 0 aliphatic carbocycles. The average Bonchev–Trinajstić information content (AvgIpc) is 3.30. The predicted molar refractivity (Wildman–Crippen MR) is 137 cm³/mol. The van der Waals surface area contributed by atoms with Crippen molar-refractivity contribution in [2.75, 3.05) is 11.4 Å². The lowest BCUT2D eigenvalue weighted by atomic mass is 10.1. The van der Waals surface area contributed by atoms with Crippen LogP contribution in [0.25, 0.3) is 10.2 Å². The van der Waals surface area contributed by atoms with E-state index in [-0.39, 0.29) is 6.04 Å². The molecule has 1 aliphatic heterocycles. The van der Waals surface area contributed by atoms with E-state index < -0.39 is 0 Å². The molecule has 1 aromatic heterocycles. The first-order chi connectivity index (χ1) is 16.8. The lowest BCUT2D eigenvalue weighted by Crippen LogP contribution is -2.48. The number of nitrogens with one attached hydrogen (secondary N) is 1. The Morgan fingerprint density at radius 3 is 2.65 bits per heavy atom. The van der Waals surface area contributed by atoms with Crippen molar-refractivity contribution in [1.29, 1.82) is 5.26 Å². The topological polar surface area (TPSA) is 73.5 Å². The van der Waals surface area contributed by atoms with Gasteiger partial charge in [0.2, 0.25) is 5.96 Å². The molecule has 1 atom stereocenters. The molecule has 3 aromatic carbocycles. The molecule has 7 heteroatoms. The number of aromatic nitrogens is 1. The first kappa shape index (κ1) is 21.7. The number of benzene rings is 3. The zero-order valence-electron chi connectivity index (χ0n) is 18.5.